The zero-order valence-electron chi connectivity index (χ0n) is 19.4. The van der Waals surface area contributed by atoms with Crippen LogP contribution in [-0.4, -0.2) is 40.3 Å². The van der Waals surface area contributed by atoms with E-state index in [0.717, 1.165) is 29.2 Å². The van der Waals surface area contributed by atoms with Gasteiger partial charge in [-0.1, -0.05) is 43.7 Å². The SMILES string of the molecule is CCCc1ccc(OCCNC(=O)CN(c2ccc(Oc3ccccc3)cc2)S(C)(=O)=O)cc1. The standard InChI is InChI=1S/C26H30N2O5S/c1-3-7-21-10-14-23(15-11-21)32-19-18-27-26(29)20-28(34(2,30)31)22-12-16-25(17-13-22)33-24-8-5-4-6-9-24/h4-6,8-17H,3,7,18-20H2,1-2H3,(H,27,29). The predicted octanol–water partition coefficient (Wildman–Crippen LogP) is 4.39. The average Bonchev–Trinajstić information content (AvgIpc) is 2.82. The molecule has 0 saturated carbocycles. The van der Waals surface area contributed by atoms with Crippen molar-refractivity contribution in [1.29, 1.82) is 0 Å². The van der Waals surface area contributed by atoms with Crippen LogP contribution >= 0.6 is 0 Å². The molecule has 1 N–H and O–H groups in total. The molecule has 0 atom stereocenters. The molecule has 34 heavy (non-hydrogen) atoms. The van der Waals surface area contributed by atoms with E-state index in [0.29, 0.717) is 17.2 Å². The highest BCUT2D eigenvalue weighted by molar-refractivity contribution is 7.92. The van der Waals surface area contributed by atoms with Gasteiger partial charge in [-0.15, -0.1) is 0 Å². The summed E-state index contributed by atoms with van der Waals surface area (Å²) < 4.78 is 37.1. The first-order valence-corrected chi connectivity index (χ1v) is 13.0. The number of carbonyl (C=O) groups is 1. The summed E-state index contributed by atoms with van der Waals surface area (Å²) >= 11 is 0. The minimum absolute atomic E-state index is 0.261. The Hall–Kier alpha value is -3.52. The highest BCUT2D eigenvalue weighted by Gasteiger charge is 2.20. The van der Waals surface area contributed by atoms with Crippen LogP contribution in [0.5, 0.6) is 17.2 Å². The zero-order chi connectivity index (χ0) is 24.4. The van der Waals surface area contributed by atoms with Gasteiger partial charge in [0.05, 0.1) is 18.5 Å². The molecule has 0 aliphatic rings. The second-order valence-electron chi connectivity index (χ2n) is 7.77. The van der Waals surface area contributed by atoms with Gasteiger partial charge in [-0.2, -0.15) is 0 Å². The number of hydrogen-bond donors (Lipinski definition) is 1. The van der Waals surface area contributed by atoms with Crippen molar-refractivity contribution in [2.75, 3.05) is 30.3 Å². The lowest BCUT2D eigenvalue weighted by Gasteiger charge is -2.22. The van der Waals surface area contributed by atoms with Crippen molar-refractivity contribution < 1.29 is 22.7 Å². The number of anilines is 1. The molecule has 7 nitrogen and oxygen atoms in total. The van der Waals surface area contributed by atoms with Gasteiger partial charge in [0.15, 0.2) is 0 Å². The van der Waals surface area contributed by atoms with Gasteiger partial charge in [0.2, 0.25) is 15.9 Å². The molecule has 0 aromatic heterocycles. The predicted molar refractivity (Wildman–Crippen MR) is 134 cm³/mol. The molecule has 0 aliphatic heterocycles. The monoisotopic (exact) mass is 482 g/mol. The number of hydrogen-bond acceptors (Lipinski definition) is 5. The van der Waals surface area contributed by atoms with Crippen molar-refractivity contribution in [2.24, 2.45) is 0 Å². The van der Waals surface area contributed by atoms with Crippen molar-refractivity contribution in [3.63, 3.8) is 0 Å². The maximum absolute atomic E-state index is 12.4. The quantitative estimate of drug-likeness (QED) is 0.387. The first kappa shape index (κ1) is 25.1. The van der Waals surface area contributed by atoms with Crippen LogP contribution < -0.4 is 19.1 Å². The van der Waals surface area contributed by atoms with E-state index in [4.69, 9.17) is 9.47 Å². The van der Waals surface area contributed by atoms with E-state index in [1.807, 2.05) is 54.6 Å². The largest absolute Gasteiger partial charge is 0.492 e. The molecule has 8 heteroatoms. The summed E-state index contributed by atoms with van der Waals surface area (Å²) in [7, 11) is -3.67. The van der Waals surface area contributed by atoms with Crippen LogP contribution in [0.3, 0.4) is 0 Å². The summed E-state index contributed by atoms with van der Waals surface area (Å²) in [6.45, 7) is 2.34. The van der Waals surface area contributed by atoms with Gasteiger partial charge in [-0.25, -0.2) is 8.42 Å². The molecule has 0 heterocycles. The maximum Gasteiger partial charge on any atom is 0.240 e. The number of ether oxygens (including phenoxy) is 2. The van der Waals surface area contributed by atoms with Crippen molar-refractivity contribution >= 4 is 21.6 Å². The van der Waals surface area contributed by atoms with Crippen LogP contribution in [0.25, 0.3) is 0 Å². The van der Waals surface area contributed by atoms with Gasteiger partial charge in [0, 0.05) is 0 Å². The summed E-state index contributed by atoms with van der Waals surface area (Å²) in [5.74, 6) is 1.54. The molecule has 3 rings (SSSR count). The van der Waals surface area contributed by atoms with E-state index >= 15 is 0 Å². The Kier molecular flexibility index (Phi) is 8.93. The third kappa shape index (κ3) is 7.81. The maximum atomic E-state index is 12.4. The summed E-state index contributed by atoms with van der Waals surface area (Å²) in [6, 6.07) is 23.7. The van der Waals surface area contributed by atoms with Gasteiger partial charge in [0.25, 0.3) is 0 Å². The van der Waals surface area contributed by atoms with Gasteiger partial charge in [-0.05, 0) is 60.5 Å². The molecular formula is C26H30N2O5S. The number of amides is 1. The van der Waals surface area contributed by atoms with Gasteiger partial charge < -0.3 is 14.8 Å². The number of nitrogens with zero attached hydrogens (tertiary/aromatic N) is 1. The lowest BCUT2D eigenvalue weighted by molar-refractivity contribution is -0.119. The first-order chi connectivity index (χ1) is 16.3. The second-order valence-corrected chi connectivity index (χ2v) is 9.68. The number of benzene rings is 3. The Labute approximate surface area is 201 Å². The number of nitrogens with one attached hydrogen (secondary N) is 1. The third-order valence-electron chi connectivity index (χ3n) is 4.95. The summed E-state index contributed by atoms with van der Waals surface area (Å²) in [5.41, 5.74) is 1.63. The van der Waals surface area contributed by atoms with Gasteiger partial charge in [0.1, 0.15) is 30.4 Å². The first-order valence-electron chi connectivity index (χ1n) is 11.1. The fourth-order valence-corrected chi connectivity index (χ4v) is 4.15. The average molecular weight is 483 g/mol. The molecule has 0 aliphatic carbocycles. The van der Waals surface area contributed by atoms with Crippen molar-refractivity contribution in [3.05, 3.63) is 84.4 Å². The van der Waals surface area contributed by atoms with Crippen LogP contribution in [0.2, 0.25) is 0 Å². The Morgan fingerprint density at radius 1 is 0.882 bits per heavy atom. The molecule has 3 aromatic rings. The molecule has 0 unspecified atom stereocenters. The smallest absolute Gasteiger partial charge is 0.240 e. The van der Waals surface area contributed by atoms with E-state index in [-0.39, 0.29) is 19.7 Å². The minimum Gasteiger partial charge on any atom is -0.492 e. The third-order valence-corrected chi connectivity index (χ3v) is 6.09. The highest BCUT2D eigenvalue weighted by atomic mass is 32.2. The normalized spacial score (nSPS) is 11.0. The molecule has 0 radical (unpaired) electrons. The van der Waals surface area contributed by atoms with E-state index in [2.05, 4.69) is 12.2 Å². The van der Waals surface area contributed by atoms with Crippen LogP contribution in [0, 0.1) is 0 Å². The fraction of sp³-hybridized carbons (Fsp3) is 0.269. The minimum atomic E-state index is -3.67. The number of rotatable bonds is 12. The lowest BCUT2D eigenvalue weighted by atomic mass is 10.1. The number of aryl methyl sites for hydroxylation is 1. The van der Waals surface area contributed by atoms with E-state index in [1.54, 1.807) is 24.3 Å². The molecule has 3 aromatic carbocycles. The molecule has 0 bridgehead atoms. The lowest BCUT2D eigenvalue weighted by Crippen LogP contribution is -2.41. The summed E-state index contributed by atoms with van der Waals surface area (Å²) in [6.07, 6.45) is 3.18. The highest BCUT2D eigenvalue weighted by Crippen LogP contribution is 2.25. The molecular weight excluding hydrogens is 452 g/mol. The van der Waals surface area contributed by atoms with Crippen molar-refractivity contribution in [1.82, 2.24) is 5.32 Å². The zero-order valence-corrected chi connectivity index (χ0v) is 20.3. The van der Waals surface area contributed by atoms with Crippen LogP contribution in [0.4, 0.5) is 5.69 Å². The molecule has 0 saturated heterocycles. The van der Waals surface area contributed by atoms with Crippen LogP contribution in [0.15, 0.2) is 78.9 Å². The summed E-state index contributed by atoms with van der Waals surface area (Å²) in [4.78, 5) is 12.4. The van der Waals surface area contributed by atoms with Gasteiger partial charge in [-0.3, -0.25) is 9.10 Å². The van der Waals surface area contributed by atoms with E-state index in [1.165, 1.54) is 5.56 Å². The van der Waals surface area contributed by atoms with Crippen molar-refractivity contribution in [2.45, 2.75) is 19.8 Å². The molecule has 0 spiro atoms. The van der Waals surface area contributed by atoms with E-state index in [9.17, 15) is 13.2 Å². The van der Waals surface area contributed by atoms with E-state index < -0.39 is 15.9 Å². The Morgan fingerprint density at radius 2 is 1.50 bits per heavy atom. The molecule has 0 fully saturated rings. The summed E-state index contributed by atoms with van der Waals surface area (Å²) in [5, 5.41) is 2.71. The van der Waals surface area contributed by atoms with Crippen LogP contribution in [-0.2, 0) is 21.2 Å². The second kappa shape index (κ2) is 12.1. The Morgan fingerprint density at radius 3 is 2.12 bits per heavy atom. The molecule has 180 valence electrons. The van der Waals surface area contributed by atoms with Crippen molar-refractivity contribution in [3.8, 4) is 17.2 Å². The topological polar surface area (TPSA) is 84.9 Å². The molecule has 1 amide bonds. The number of para-hydroxylation sites is 1. The van der Waals surface area contributed by atoms with Crippen LogP contribution in [0.1, 0.15) is 18.9 Å². The van der Waals surface area contributed by atoms with Gasteiger partial charge >= 0.3 is 0 Å². The fourth-order valence-electron chi connectivity index (χ4n) is 3.29. The number of carbonyl (C=O) groups excluding carboxylic acids is 1. The Bertz CT molecular complexity index is 1150. The Balaban J connectivity index is 1.51. The number of sulfonamides is 1.